The van der Waals surface area contributed by atoms with Gasteiger partial charge in [-0.25, -0.2) is 4.39 Å². The first-order valence-electron chi connectivity index (χ1n) is 11.0. The highest BCUT2D eigenvalue weighted by Crippen LogP contribution is 2.37. The zero-order chi connectivity index (χ0) is 23.4. The predicted octanol–water partition coefficient (Wildman–Crippen LogP) is 5.74. The Balaban J connectivity index is 1.76. The lowest BCUT2D eigenvalue weighted by Crippen LogP contribution is -2.46. The number of halogens is 1. The summed E-state index contributed by atoms with van der Waals surface area (Å²) < 4.78 is 24.7. The summed E-state index contributed by atoms with van der Waals surface area (Å²) in [6, 6.07) is 13.5. The summed E-state index contributed by atoms with van der Waals surface area (Å²) in [5, 5.41) is 8.26. The van der Waals surface area contributed by atoms with Crippen molar-refractivity contribution >= 4 is 22.9 Å². The van der Waals surface area contributed by atoms with Crippen molar-refractivity contribution in [2.24, 2.45) is 0 Å². The first kappa shape index (κ1) is 22.9. The van der Waals surface area contributed by atoms with E-state index in [9.17, 15) is 4.39 Å². The van der Waals surface area contributed by atoms with Gasteiger partial charge >= 0.3 is 0 Å². The lowest BCUT2D eigenvalue weighted by Gasteiger charge is -2.37. The van der Waals surface area contributed by atoms with Gasteiger partial charge in [0.25, 0.3) is 5.89 Å². The minimum absolute atomic E-state index is 0.293. The molecule has 0 spiro atoms. The number of hydrogen-bond donors (Lipinski definition) is 1. The Kier molecular flexibility index (Phi) is 7.03. The van der Waals surface area contributed by atoms with Crippen LogP contribution in [0.25, 0.3) is 17.0 Å². The van der Waals surface area contributed by atoms with Gasteiger partial charge in [-0.15, -0.1) is 0 Å². The molecule has 0 bridgehead atoms. The van der Waals surface area contributed by atoms with Crippen molar-refractivity contribution in [2.45, 2.75) is 39.2 Å². The van der Waals surface area contributed by atoms with E-state index in [0.717, 1.165) is 48.2 Å². The first-order valence-corrected chi connectivity index (χ1v) is 11.5. The number of hydrogen-bond acceptors (Lipinski definition) is 5. The molecule has 1 aromatic heterocycles. The molecule has 6 nitrogen and oxygen atoms in total. The second-order valence-electron chi connectivity index (χ2n) is 7.95. The maximum Gasteiger partial charge on any atom is 0.258 e. The largest absolute Gasteiger partial charge is 0.497 e. The van der Waals surface area contributed by atoms with Crippen LogP contribution in [0.5, 0.6) is 5.75 Å². The first-order chi connectivity index (χ1) is 16.0. The van der Waals surface area contributed by atoms with Gasteiger partial charge in [-0.1, -0.05) is 49.2 Å². The summed E-state index contributed by atoms with van der Waals surface area (Å²) >= 11 is 5.70. The van der Waals surface area contributed by atoms with Gasteiger partial charge in [0.15, 0.2) is 5.11 Å². The van der Waals surface area contributed by atoms with Crippen molar-refractivity contribution in [3.63, 3.8) is 0 Å². The molecular formula is C25H27FN4O2S. The zero-order valence-corrected chi connectivity index (χ0v) is 19.8. The summed E-state index contributed by atoms with van der Waals surface area (Å²) in [6.45, 7) is 4.98. The van der Waals surface area contributed by atoms with Crippen LogP contribution in [0.1, 0.15) is 50.6 Å². The quantitative estimate of drug-likeness (QED) is 0.336. The van der Waals surface area contributed by atoms with Crippen molar-refractivity contribution in [3.8, 4) is 17.1 Å². The molecule has 2 heterocycles. The Morgan fingerprint density at radius 3 is 2.70 bits per heavy atom. The van der Waals surface area contributed by atoms with Gasteiger partial charge in [0, 0.05) is 17.8 Å². The second kappa shape index (κ2) is 10.1. The lowest BCUT2D eigenvalue weighted by atomic mass is 9.94. The van der Waals surface area contributed by atoms with Crippen LogP contribution in [0.2, 0.25) is 0 Å². The molecule has 0 amide bonds. The highest BCUT2D eigenvalue weighted by atomic mass is 32.1. The molecule has 33 heavy (non-hydrogen) atoms. The van der Waals surface area contributed by atoms with Crippen molar-refractivity contribution in [2.75, 3.05) is 13.7 Å². The predicted molar refractivity (Wildman–Crippen MR) is 130 cm³/mol. The molecular weight excluding hydrogens is 439 g/mol. The van der Waals surface area contributed by atoms with Crippen molar-refractivity contribution in [1.29, 1.82) is 0 Å². The number of thiocarbonyl (C=S) groups is 1. The van der Waals surface area contributed by atoms with Crippen LogP contribution in [-0.2, 0) is 0 Å². The number of nitrogens with one attached hydrogen (secondary N) is 1. The van der Waals surface area contributed by atoms with Gasteiger partial charge in [-0.3, -0.25) is 0 Å². The zero-order valence-electron chi connectivity index (χ0n) is 19.0. The summed E-state index contributed by atoms with van der Waals surface area (Å²) in [4.78, 5) is 6.78. The minimum Gasteiger partial charge on any atom is -0.497 e. The van der Waals surface area contributed by atoms with Crippen LogP contribution in [0, 0.1) is 5.82 Å². The minimum atomic E-state index is -0.334. The normalized spacial score (nSPS) is 16.2. The third kappa shape index (κ3) is 4.90. The number of methoxy groups -OCH3 is 1. The molecule has 1 aliphatic heterocycles. The van der Waals surface area contributed by atoms with E-state index < -0.39 is 0 Å². The van der Waals surface area contributed by atoms with E-state index >= 15 is 0 Å². The van der Waals surface area contributed by atoms with Gasteiger partial charge in [0.2, 0.25) is 5.82 Å². The number of benzene rings is 2. The van der Waals surface area contributed by atoms with E-state index in [1.807, 2.05) is 31.2 Å². The lowest BCUT2D eigenvalue weighted by molar-refractivity contribution is 0.395. The van der Waals surface area contributed by atoms with E-state index in [-0.39, 0.29) is 11.9 Å². The fourth-order valence-corrected chi connectivity index (χ4v) is 4.31. The van der Waals surface area contributed by atoms with Crippen molar-refractivity contribution in [1.82, 2.24) is 20.4 Å². The van der Waals surface area contributed by atoms with Gasteiger partial charge in [-0.2, -0.15) is 4.98 Å². The molecule has 8 heteroatoms. The fraction of sp³-hybridized carbons (Fsp3) is 0.320. The Hall–Kier alpha value is -3.26. The van der Waals surface area contributed by atoms with Crippen LogP contribution < -0.4 is 10.1 Å². The average Bonchev–Trinajstić information content (AvgIpc) is 3.31. The van der Waals surface area contributed by atoms with Crippen molar-refractivity contribution in [3.05, 3.63) is 71.5 Å². The van der Waals surface area contributed by atoms with E-state index in [2.05, 4.69) is 22.3 Å². The highest BCUT2D eigenvalue weighted by molar-refractivity contribution is 7.80. The topological polar surface area (TPSA) is 63.4 Å². The molecule has 172 valence electrons. The third-order valence-corrected chi connectivity index (χ3v) is 6.11. The molecule has 0 radical (unpaired) electrons. The smallest absolute Gasteiger partial charge is 0.258 e. The van der Waals surface area contributed by atoms with Gasteiger partial charge in [0.05, 0.1) is 18.7 Å². The third-order valence-electron chi connectivity index (χ3n) is 5.77. The molecule has 1 unspecified atom stereocenters. The molecule has 0 fully saturated rings. The number of unbranched alkanes of at least 4 members (excludes halogenated alkanes) is 2. The summed E-state index contributed by atoms with van der Waals surface area (Å²) in [5.74, 6) is 1.28. The van der Waals surface area contributed by atoms with Crippen LogP contribution in [0.3, 0.4) is 0 Å². The van der Waals surface area contributed by atoms with Crippen LogP contribution in [0.15, 0.2) is 58.8 Å². The molecule has 4 rings (SSSR count). The Bertz CT molecular complexity index is 1160. The Morgan fingerprint density at radius 2 is 1.97 bits per heavy atom. The monoisotopic (exact) mass is 466 g/mol. The molecule has 1 atom stereocenters. The molecule has 1 N–H and O–H groups in total. The number of allylic oxidation sites excluding steroid dienone is 1. The molecule has 0 saturated heterocycles. The van der Waals surface area contributed by atoms with Gasteiger partial charge in [0.1, 0.15) is 11.6 Å². The van der Waals surface area contributed by atoms with Gasteiger partial charge < -0.3 is 19.5 Å². The SMILES string of the molecule is CCCCCN1C(=S)NC(c2ccc(F)cc2)C(c2nc(-c3cccc(OC)c3)no2)=C1C. The van der Waals surface area contributed by atoms with E-state index in [4.69, 9.17) is 26.5 Å². The number of rotatable bonds is 8. The molecule has 0 saturated carbocycles. The molecule has 1 aliphatic rings. The number of aromatic nitrogens is 2. The average molecular weight is 467 g/mol. The fourth-order valence-electron chi connectivity index (χ4n) is 3.97. The summed E-state index contributed by atoms with van der Waals surface area (Å²) in [7, 11) is 1.62. The van der Waals surface area contributed by atoms with Crippen LogP contribution >= 0.6 is 12.2 Å². The summed E-state index contributed by atoms with van der Waals surface area (Å²) in [6.07, 6.45) is 3.25. The number of ether oxygens (including phenoxy) is 1. The molecule has 0 aliphatic carbocycles. The maximum absolute atomic E-state index is 13.6. The van der Waals surface area contributed by atoms with E-state index in [1.54, 1.807) is 19.2 Å². The van der Waals surface area contributed by atoms with E-state index in [0.29, 0.717) is 22.6 Å². The van der Waals surface area contributed by atoms with Crippen molar-refractivity contribution < 1.29 is 13.7 Å². The second-order valence-corrected chi connectivity index (χ2v) is 8.33. The van der Waals surface area contributed by atoms with Crippen LogP contribution in [0.4, 0.5) is 4.39 Å². The highest BCUT2D eigenvalue weighted by Gasteiger charge is 2.33. The Labute approximate surface area is 198 Å². The van der Waals surface area contributed by atoms with Gasteiger partial charge in [-0.05, 0) is 55.4 Å². The van der Waals surface area contributed by atoms with E-state index in [1.165, 1.54) is 12.1 Å². The molecule has 2 aromatic carbocycles. The summed E-state index contributed by atoms with van der Waals surface area (Å²) in [5.41, 5.74) is 3.43. The Morgan fingerprint density at radius 1 is 1.18 bits per heavy atom. The maximum atomic E-state index is 13.6. The standard InChI is InChI=1S/C25H27FN4O2S/c1-4-5-6-14-30-16(2)21(22(27-25(30)33)17-10-12-19(26)13-11-17)24-28-23(29-32-24)18-8-7-9-20(15-18)31-3/h7-13,15,22H,4-6,14H2,1-3H3,(H,27,33). The van der Waals surface area contributed by atoms with Crippen LogP contribution in [-0.4, -0.2) is 33.8 Å². The molecule has 3 aromatic rings. The number of nitrogens with zero attached hydrogens (tertiary/aromatic N) is 3.